The van der Waals surface area contributed by atoms with Crippen molar-refractivity contribution < 1.29 is 32.2 Å². The molecule has 0 aliphatic heterocycles. The summed E-state index contributed by atoms with van der Waals surface area (Å²) in [7, 11) is 0.978. The Morgan fingerprint density at radius 3 is 2.19 bits per heavy atom. The molecule has 0 aliphatic carbocycles. The predicted molar refractivity (Wildman–Crippen MR) is 119 cm³/mol. The Labute approximate surface area is 188 Å². The highest BCUT2D eigenvalue weighted by Gasteiger charge is 2.19. The van der Waals surface area contributed by atoms with E-state index in [1.807, 2.05) is 0 Å². The van der Waals surface area contributed by atoms with Crippen molar-refractivity contribution in [2.24, 2.45) is 4.99 Å². The summed E-state index contributed by atoms with van der Waals surface area (Å²) >= 11 is 1.19. The number of fused-ring (bicyclic) bond motifs is 1. The lowest BCUT2D eigenvalue weighted by atomic mass is 10.1. The van der Waals surface area contributed by atoms with Crippen LogP contribution >= 0.6 is 11.3 Å². The van der Waals surface area contributed by atoms with Gasteiger partial charge >= 0.3 is 5.97 Å². The average Bonchev–Trinajstić information content (AvgIpc) is 3.10. The summed E-state index contributed by atoms with van der Waals surface area (Å²) in [6, 6.07) is 9.48. The molecule has 0 fully saturated rings. The second-order valence-electron chi connectivity index (χ2n) is 6.79. The Hall–Kier alpha value is -3.18. The lowest BCUT2D eigenvalue weighted by molar-refractivity contribution is -0.141. The lowest BCUT2D eigenvalue weighted by Gasteiger charge is -2.09. The minimum atomic E-state index is -3.32. The second-order valence-corrected chi connectivity index (χ2v) is 9.79. The number of benzene rings is 2. The van der Waals surface area contributed by atoms with Gasteiger partial charge in [0.25, 0.3) is 5.91 Å². The molecule has 0 saturated heterocycles. The van der Waals surface area contributed by atoms with Crippen LogP contribution in [0.1, 0.15) is 5.56 Å². The number of carbonyl (C=O) groups excluding carboxylic acids is 2. The highest BCUT2D eigenvalue weighted by Crippen LogP contribution is 2.35. The van der Waals surface area contributed by atoms with Crippen LogP contribution < -0.4 is 14.3 Å². The normalized spacial score (nSPS) is 12.1. The third-order valence-electron chi connectivity index (χ3n) is 4.63. The molecule has 0 N–H and O–H groups in total. The maximum atomic E-state index is 12.7. The molecule has 3 rings (SSSR count). The first-order chi connectivity index (χ1) is 15.2. The van der Waals surface area contributed by atoms with Crippen LogP contribution in [-0.2, 0) is 37.1 Å². The van der Waals surface area contributed by atoms with Crippen molar-refractivity contribution in [2.45, 2.75) is 17.9 Å². The molecule has 0 unspecified atom stereocenters. The van der Waals surface area contributed by atoms with Gasteiger partial charge in [0.2, 0.25) is 0 Å². The number of carbonyl (C=O) groups is 2. The van der Waals surface area contributed by atoms with E-state index in [0.29, 0.717) is 27.3 Å². The van der Waals surface area contributed by atoms with Gasteiger partial charge in [-0.25, -0.2) is 8.42 Å². The van der Waals surface area contributed by atoms with Crippen molar-refractivity contribution in [3.63, 3.8) is 0 Å². The van der Waals surface area contributed by atoms with E-state index in [1.54, 1.807) is 28.8 Å². The molecular formula is C21H22N2O7S2. The summed E-state index contributed by atoms with van der Waals surface area (Å²) in [6.45, 7) is -0.171. The summed E-state index contributed by atoms with van der Waals surface area (Å²) < 4.78 is 41.1. The van der Waals surface area contributed by atoms with Crippen LogP contribution in [0.3, 0.4) is 0 Å². The van der Waals surface area contributed by atoms with Crippen LogP contribution in [0.5, 0.6) is 11.5 Å². The Kier molecular flexibility index (Phi) is 6.99. The molecule has 0 bridgehead atoms. The zero-order valence-corrected chi connectivity index (χ0v) is 19.6. The molecule has 0 aliphatic rings. The fraction of sp³-hybridized carbons (Fsp3) is 0.286. The van der Waals surface area contributed by atoms with Crippen molar-refractivity contribution in [3.05, 3.63) is 46.8 Å². The first kappa shape index (κ1) is 23.5. The molecule has 2 aromatic carbocycles. The number of rotatable bonds is 7. The van der Waals surface area contributed by atoms with E-state index in [4.69, 9.17) is 14.2 Å². The Morgan fingerprint density at radius 1 is 1.00 bits per heavy atom. The van der Waals surface area contributed by atoms with Gasteiger partial charge in [-0.15, -0.1) is 0 Å². The molecule has 0 saturated carbocycles. The molecule has 0 radical (unpaired) electrons. The van der Waals surface area contributed by atoms with Gasteiger partial charge in [0, 0.05) is 6.26 Å². The Bertz CT molecular complexity index is 1340. The highest BCUT2D eigenvalue weighted by molar-refractivity contribution is 7.90. The molecule has 32 heavy (non-hydrogen) atoms. The lowest BCUT2D eigenvalue weighted by Crippen LogP contribution is -2.23. The fourth-order valence-electron chi connectivity index (χ4n) is 3.06. The molecule has 11 heteroatoms. The SMILES string of the molecule is COC(=O)Cn1c(=NC(=O)Cc2ccc(S(C)(=O)=O)cc2)sc2c(OC)ccc(OC)c21. The number of sulfone groups is 1. The van der Waals surface area contributed by atoms with Gasteiger partial charge in [0.15, 0.2) is 14.6 Å². The van der Waals surface area contributed by atoms with Crippen LogP contribution in [0.15, 0.2) is 46.3 Å². The largest absolute Gasteiger partial charge is 0.495 e. The molecule has 170 valence electrons. The highest BCUT2D eigenvalue weighted by atomic mass is 32.2. The van der Waals surface area contributed by atoms with E-state index in [9.17, 15) is 18.0 Å². The van der Waals surface area contributed by atoms with Crippen LogP contribution in [0.25, 0.3) is 10.2 Å². The summed E-state index contributed by atoms with van der Waals surface area (Å²) in [5, 5.41) is 0. The Balaban J connectivity index is 2.06. The van der Waals surface area contributed by atoms with Gasteiger partial charge in [0.1, 0.15) is 28.3 Å². The van der Waals surface area contributed by atoms with Gasteiger partial charge in [0.05, 0.1) is 32.6 Å². The number of aromatic nitrogens is 1. The zero-order chi connectivity index (χ0) is 23.5. The van der Waals surface area contributed by atoms with E-state index in [0.717, 1.165) is 6.26 Å². The number of hydrogen-bond acceptors (Lipinski definition) is 8. The third kappa shape index (κ3) is 5.00. The van der Waals surface area contributed by atoms with E-state index in [2.05, 4.69) is 4.99 Å². The van der Waals surface area contributed by atoms with Gasteiger partial charge in [-0.3, -0.25) is 9.59 Å². The van der Waals surface area contributed by atoms with E-state index >= 15 is 0 Å². The minimum Gasteiger partial charge on any atom is -0.495 e. The number of methoxy groups -OCH3 is 3. The standard InChI is InChI=1S/C21H22N2O7S2/c1-28-15-9-10-16(29-2)20-19(15)23(12-18(25)30-3)21(31-20)22-17(24)11-13-5-7-14(8-6-13)32(4,26)27/h5-10H,11-12H2,1-4H3. The van der Waals surface area contributed by atoms with Crippen molar-refractivity contribution in [3.8, 4) is 11.5 Å². The number of amides is 1. The topological polar surface area (TPSA) is 113 Å². The summed E-state index contributed by atoms with van der Waals surface area (Å²) in [5.74, 6) is 0.0703. The zero-order valence-electron chi connectivity index (χ0n) is 17.9. The average molecular weight is 479 g/mol. The number of esters is 1. The van der Waals surface area contributed by atoms with E-state index in [1.165, 1.54) is 44.8 Å². The molecular weight excluding hydrogens is 456 g/mol. The molecule has 0 atom stereocenters. The quantitative estimate of drug-likeness (QED) is 0.477. The first-order valence-corrected chi connectivity index (χ1v) is 12.1. The van der Waals surface area contributed by atoms with Crippen molar-refractivity contribution in [2.75, 3.05) is 27.6 Å². The number of hydrogen-bond donors (Lipinski definition) is 0. The second kappa shape index (κ2) is 9.53. The molecule has 0 spiro atoms. The fourth-order valence-corrected chi connectivity index (χ4v) is 4.84. The predicted octanol–water partition coefficient (Wildman–Crippen LogP) is 1.97. The van der Waals surface area contributed by atoms with Gasteiger partial charge in [-0.1, -0.05) is 23.5 Å². The van der Waals surface area contributed by atoms with Gasteiger partial charge in [-0.2, -0.15) is 4.99 Å². The van der Waals surface area contributed by atoms with Crippen molar-refractivity contribution in [1.29, 1.82) is 0 Å². The van der Waals surface area contributed by atoms with Crippen molar-refractivity contribution in [1.82, 2.24) is 4.57 Å². The van der Waals surface area contributed by atoms with Crippen molar-refractivity contribution >= 4 is 43.3 Å². The molecule has 9 nitrogen and oxygen atoms in total. The smallest absolute Gasteiger partial charge is 0.325 e. The van der Waals surface area contributed by atoms with Gasteiger partial charge in [-0.05, 0) is 29.8 Å². The van der Waals surface area contributed by atoms with Gasteiger partial charge < -0.3 is 18.8 Å². The maximum absolute atomic E-state index is 12.7. The van der Waals surface area contributed by atoms with Crippen LogP contribution in [0.4, 0.5) is 0 Å². The Morgan fingerprint density at radius 2 is 1.62 bits per heavy atom. The minimum absolute atomic E-state index is 0.0369. The van der Waals surface area contributed by atoms with E-state index in [-0.39, 0.29) is 22.7 Å². The molecule has 1 amide bonds. The molecule has 1 aromatic heterocycles. The number of nitrogens with zero attached hydrogens (tertiary/aromatic N) is 2. The maximum Gasteiger partial charge on any atom is 0.325 e. The third-order valence-corrected chi connectivity index (χ3v) is 6.86. The molecule has 1 heterocycles. The molecule has 3 aromatic rings. The van der Waals surface area contributed by atoms with Crippen LogP contribution in [0.2, 0.25) is 0 Å². The number of ether oxygens (including phenoxy) is 3. The van der Waals surface area contributed by atoms with E-state index < -0.39 is 21.7 Å². The monoisotopic (exact) mass is 478 g/mol. The van der Waals surface area contributed by atoms with Crippen LogP contribution in [-0.4, -0.2) is 52.4 Å². The summed E-state index contributed by atoms with van der Waals surface area (Å²) in [6.07, 6.45) is 1.08. The summed E-state index contributed by atoms with van der Waals surface area (Å²) in [4.78, 5) is 29.4. The first-order valence-electron chi connectivity index (χ1n) is 9.35. The summed E-state index contributed by atoms with van der Waals surface area (Å²) in [5.41, 5.74) is 1.17. The number of thiazole rings is 1. The van der Waals surface area contributed by atoms with Crippen LogP contribution in [0, 0.1) is 0 Å².